The van der Waals surface area contributed by atoms with Crippen LogP contribution in [0, 0.1) is 0 Å². The summed E-state index contributed by atoms with van der Waals surface area (Å²) in [6.45, 7) is -0.520. The van der Waals surface area contributed by atoms with Gasteiger partial charge in [-0.05, 0) is 22.9 Å². The molecule has 120 valence electrons. The quantitative estimate of drug-likeness (QED) is 0.557. The molecule has 0 unspecified atom stereocenters. The lowest BCUT2D eigenvalue weighted by Gasteiger charge is -2.01. The molecule has 0 aliphatic rings. The van der Waals surface area contributed by atoms with E-state index < -0.39 is 11.8 Å². The van der Waals surface area contributed by atoms with Gasteiger partial charge in [0, 0.05) is 9.75 Å². The zero-order valence-corrected chi connectivity index (χ0v) is 13.6. The molecule has 0 saturated heterocycles. The van der Waals surface area contributed by atoms with Crippen LogP contribution >= 0.6 is 22.7 Å². The summed E-state index contributed by atoms with van der Waals surface area (Å²) in [7, 11) is 0. The molecule has 0 fully saturated rings. The molecule has 0 aliphatic heterocycles. The van der Waals surface area contributed by atoms with Gasteiger partial charge in [-0.2, -0.15) is 10.2 Å². The van der Waals surface area contributed by atoms with Crippen molar-refractivity contribution in [2.75, 3.05) is 13.2 Å². The number of rotatable bonds is 8. The molecule has 2 N–H and O–H groups in total. The minimum Gasteiger partial charge on any atom is -0.362 e. The van der Waals surface area contributed by atoms with Gasteiger partial charge in [0.25, 0.3) is 11.8 Å². The van der Waals surface area contributed by atoms with Crippen molar-refractivity contribution in [3.63, 3.8) is 0 Å². The van der Waals surface area contributed by atoms with Crippen LogP contribution in [0.4, 0.5) is 0 Å². The third-order valence-electron chi connectivity index (χ3n) is 2.31. The predicted molar refractivity (Wildman–Crippen MR) is 90.9 cm³/mol. The fourth-order valence-electron chi connectivity index (χ4n) is 1.37. The first kappa shape index (κ1) is 17.0. The molecule has 2 rings (SSSR count). The minimum atomic E-state index is -0.437. The highest BCUT2D eigenvalue weighted by molar-refractivity contribution is 7.12. The normalized spacial score (nSPS) is 11.1. The van der Waals surface area contributed by atoms with E-state index in [1.165, 1.54) is 35.1 Å². The Kier molecular flexibility index (Phi) is 7.11. The van der Waals surface area contributed by atoms with Crippen molar-refractivity contribution in [3.05, 3.63) is 44.8 Å². The molecule has 0 saturated carbocycles. The number of carbonyl (C=O) groups excluding carboxylic acids is 2. The van der Waals surface area contributed by atoms with Crippen LogP contribution in [-0.2, 0) is 14.3 Å². The van der Waals surface area contributed by atoms with E-state index in [4.69, 9.17) is 4.74 Å². The Labute approximate surface area is 140 Å². The predicted octanol–water partition coefficient (Wildman–Crippen LogP) is 1.43. The summed E-state index contributed by atoms with van der Waals surface area (Å²) in [6.07, 6.45) is 3.07. The second kappa shape index (κ2) is 9.62. The highest BCUT2D eigenvalue weighted by Crippen LogP contribution is 2.04. The number of hydrogen-bond donors (Lipinski definition) is 2. The van der Waals surface area contributed by atoms with Crippen LogP contribution < -0.4 is 10.9 Å². The minimum absolute atomic E-state index is 0.260. The summed E-state index contributed by atoms with van der Waals surface area (Å²) in [6, 6.07) is 7.52. The van der Waals surface area contributed by atoms with Gasteiger partial charge in [0.1, 0.15) is 13.2 Å². The summed E-state index contributed by atoms with van der Waals surface area (Å²) in [5.41, 5.74) is 4.62. The van der Waals surface area contributed by atoms with Gasteiger partial charge in [0.05, 0.1) is 12.4 Å². The molecule has 2 amide bonds. The Bertz CT molecular complexity index is 608. The zero-order valence-electron chi connectivity index (χ0n) is 12.0. The lowest BCUT2D eigenvalue weighted by molar-refractivity contribution is -0.130. The molecule has 23 heavy (non-hydrogen) atoms. The molecular weight excluding hydrogens is 336 g/mol. The summed E-state index contributed by atoms with van der Waals surface area (Å²) < 4.78 is 4.97. The molecule has 0 aliphatic carbocycles. The molecule has 2 heterocycles. The smallest absolute Gasteiger partial charge is 0.266 e. The van der Waals surface area contributed by atoms with Crippen molar-refractivity contribution in [1.29, 1.82) is 0 Å². The van der Waals surface area contributed by atoms with Crippen LogP contribution in [-0.4, -0.2) is 37.5 Å². The number of nitrogens with one attached hydrogen (secondary N) is 2. The number of amides is 2. The van der Waals surface area contributed by atoms with E-state index in [1.807, 2.05) is 35.0 Å². The average Bonchev–Trinajstić information content (AvgIpc) is 3.20. The molecule has 0 aromatic carbocycles. The molecular formula is C14H14N4O3S2. The summed E-state index contributed by atoms with van der Waals surface area (Å²) in [5.74, 6) is -0.875. The maximum absolute atomic E-state index is 11.4. The Hall–Kier alpha value is -2.36. The van der Waals surface area contributed by atoms with Crippen molar-refractivity contribution < 1.29 is 14.3 Å². The van der Waals surface area contributed by atoms with E-state index in [9.17, 15) is 9.59 Å². The van der Waals surface area contributed by atoms with Gasteiger partial charge < -0.3 is 4.74 Å². The molecule has 0 atom stereocenters. The van der Waals surface area contributed by atoms with Gasteiger partial charge in [0.15, 0.2) is 0 Å². The highest BCUT2D eigenvalue weighted by atomic mass is 32.1. The van der Waals surface area contributed by atoms with Crippen molar-refractivity contribution in [2.24, 2.45) is 10.2 Å². The molecule has 2 aromatic heterocycles. The van der Waals surface area contributed by atoms with E-state index in [2.05, 4.69) is 21.1 Å². The molecule has 9 heteroatoms. The monoisotopic (exact) mass is 350 g/mol. The molecule has 0 bridgehead atoms. The average molecular weight is 350 g/mol. The Balaban J connectivity index is 1.56. The van der Waals surface area contributed by atoms with E-state index in [0.717, 1.165) is 9.75 Å². The van der Waals surface area contributed by atoms with Crippen LogP contribution in [0.3, 0.4) is 0 Å². The fraction of sp³-hybridized carbons (Fsp3) is 0.143. The maximum atomic E-state index is 11.4. The highest BCUT2D eigenvalue weighted by Gasteiger charge is 2.03. The summed E-state index contributed by atoms with van der Waals surface area (Å²) in [4.78, 5) is 24.7. The first-order valence-electron chi connectivity index (χ1n) is 6.52. The number of hydrazone groups is 2. The van der Waals surface area contributed by atoms with E-state index >= 15 is 0 Å². The molecule has 7 nitrogen and oxygen atoms in total. The van der Waals surface area contributed by atoms with Gasteiger partial charge >= 0.3 is 0 Å². The van der Waals surface area contributed by atoms with Crippen LogP contribution in [0.25, 0.3) is 0 Å². The third-order valence-corrected chi connectivity index (χ3v) is 3.93. The van der Waals surface area contributed by atoms with Crippen LogP contribution in [0.2, 0.25) is 0 Å². The van der Waals surface area contributed by atoms with E-state index in [0.29, 0.717) is 0 Å². The standard InChI is InChI=1S/C14H14N4O3S2/c19-13(17-15-7-11-3-1-5-22-11)9-21-10-14(20)18-16-8-12-4-2-6-23-12/h1-8H,9-10H2,(H,17,19)(H,18,20)/b15-7-,16-8-. The second-order valence-corrected chi connectivity index (χ2v) is 6.07. The fourth-order valence-corrected chi connectivity index (χ4v) is 2.54. The van der Waals surface area contributed by atoms with Gasteiger partial charge in [-0.15, -0.1) is 22.7 Å². The Morgan fingerprint density at radius 3 is 1.83 bits per heavy atom. The molecule has 0 spiro atoms. The summed E-state index contributed by atoms with van der Waals surface area (Å²) in [5, 5.41) is 11.4. The topological polar surface area (TPSA) is 92.2 Å². The lowest BCUT2D eigenvalue weighted by atomic mass is 10.5. The largest absolute Gasteiger partial charge is 0.362 e. The van der Waals surface area contributed by atoms with E-state index in [1.54, 1.807) is 0 Å². The van der Waals surface area contributed by atoms with Gasteiger partial charge in [-0.1, -0.05) is 12.1 Å². The third kappa shape index (κ3) is 6.96. The van der Waals surface area contributed by atoms with Crippen LogP contribution in [0.15, 0.2) is 45.2 Å². The number of ether oxygens (including phenoxy) is 1. The number of nitrogens with zero attached hydrogens (tertiary/aromatic N) is 2. The number of carbonyl (C=O) groups is 2. The SMILES string of the molecule is O=C(COCC(=O)N/N=C\c1cccs1)N/N=C\c1cccs1. The van der Waals surface area contributed by atoms with Gasteiger partial charge in [-0.3, -0.25) is 9.59 Å². The number of thiophene rings is 2. The van der Waals surface area contributed by atoms with E-state index in [-0.39, 0.29) is 13.2 Å². The van der Waals surface area contributed by atoms with Crippen molar-refractivity contribution >= 4 is 46.9 Å². The Morgan fingerprint density at radius 1 is 0.957 bits per heavy atom. The maximum Gasteiger partial charge on any atom is 0.266 e. The van der Waals surface area contributed by atoms with Crippen molar-refractivity contribution in [3.8, 4) is 0 Å². The van der Waals surface area contributed by atoms with Crippen molar-refractivity contribution in [1.82, 2.24) is 10.9 Å². The number of hydrogen-bond acceptors (Lipinski definition) is 7. The van der Waals surface area contributed by atoms with Gasteiger partial charge in [0.2, 0.25) is 0 Å². The van der Waals surface area contributed by atoms with Crippen LogP contribution in [0.5, 0.6) is 0 Å². The lowest BCUT2D eigenvalue weighted by Crippen LogP contribution is -2.28. The first-order valence-corrected chi connectivity index (χ1v) is 8.28. The first-order chi connectivity index (χ1) is 11.2. The van der Waals surface area contributed by atoms with Crippen LogP contribution in [0.1, 0.15) is 9.75 Å². The zero-order chi connectivity index (χ0) is 16.3. The molecule has 2 aromatic rings. The second-order valence-electron chi connectivity index (χ2n) is 4.11. The molecule has 0 radical (unpaired) electrons. The summed E-state index contributed by atoms with van der Waals surface area (Å²) >= 11 is 3.01. The van der Waals surface area contributed by atoms with Crippen molar-refractivity contribution in [2.45, 2.75) is 0 Å². The van der Waals surface area contributed by atoms with Gasteiger partial charge in [-0.25, -0.2) is 10.9 Å². The Morgan fingerprint density at radius 2 is 1.43 bits per heavy atom.